The molecule has 1 amide bonds. The molecule has 80 valence electrons. The van der Waals surface area contributed by atoms with Crippen LogP contribution in [0.4, 0.5) is 4.79 Å². The van der Waals surface area contributed by atoms with Crippen LogP contribution in [-0.2, 0) is 14.7 Å². The van der Waals surface area contributed by atoms with Crippen LogP contribution < -0.4 is 5.32 Å². The van der Waals surface area contributed by atoms with E-state index in [4.69, 9.17) is 0 Å². The molecule has 1 fully saturated rings. The van der Waals surface area contributed by atoms with Gasteiger partial charge in [-0.05, 0) is 0 Å². The number of sulfone groups is 1. The van der Waals surface area contributed by atoms with E-state index in [0.29, 0.717) is 4.38 Å². The van der Waals surface area contributed by atoms with Crippen LogP contribution in [0.3, 0.4) is 0 Å². The Labute approximate surface area is 89.7 Å². The summed E-state index contributed by atoms with van der Waals surface area (Å²) >= 11 is 2.09. The van der Waals surface area contributed by atoms with Crippen molar-refractivity contribution in [2.75, 3.05) is 17.2 Å². The number of rotatable bonds is 1. The van der Waals surface area contributed by atoms with E-state index in [2.05, 4.69) is 15.3 Å². The van der Waals surface area contributed by atoms with Crippen molar-refractivity contribution < 1.29 is 18.0 Å². The number of nitrogens with zero attached hydrogens (tertiary/aromatic N) is 1. The Morgan fingerprint density at radius 3 is 2.57 bits per heavy atom. The van der Waals surface area contributed by atoms with Crippen LogP contribution in [0.2, 0.25) is 0 Å². The number of hydrogen-bond acceptors (Lipinski definition) is 7. The SMILES string of the molecule is CNC(=O)ON=C1SCS(=O)(=O)CS1. The Balaban J connectivity index is 2.45. The molecule has 0 spiro atoms. The zero-order chi connectivity index (χ0) is 10.6. The third kappa shape index (κ3) is 3.76. The lowest BCUT2D eigenvalue weighted by Gasteiger charge is -2.10. The summed E-state index contributed by atoms with van der Waals surface area (Å²) in [6, 6.07) is 0. The first kappa shape index (κ1) is 11.7. The zero-order valence-corrected chi connectivity index (χ0v) is 9.67. The first-order valence-electron chi connectivity index (χ1n) is 3.46. The van der Waals surface area contributed by atoms with E-state index in [0.717, 1.165) is 23.5 Å². The Morgan fingerprint density at radius 2 is 2.07 bits per heavy atom. The molecule has 0 aromatic carbocycles. The topological polar surface area (TPSA) is 84.8 Å². The molecular formula is C5H8N2O4S3. The van der Waals surface area contributed by atoms with E-state index in [1.807, 2.05) is 0 Å². The molecule has 14 heavy (non-hydrogen) atoms. The monoisotopic (exact) mass is 256 g/mol. The fourth-order valence-corrected chi connectivity index (χ4v) is 5.04. The number of carbonyl (C=O) groups is 1. The van der Waals surface area contributed by atoms with Gasteiger partial charge in [-0.25, -0.2) is 13.2 Å². The van der Waals surface area contributed by atoms with Crippen LogP contribution >= 0.6 is 23.5 Å². The molecule has 0 aromatic heterocycles. The van der Waals surface area contributed by atoms with Crippen LogP contribution in [0, 0.1) is 0 Å². The lowest BCUT2D eigenvalue weighted by molar-refractivity contribution is 0.154. The molecule has 0 radical (unpaired) electrons. The van der Waals surface area contributed by atoms with Crippen molar-refractivity contribution in [3.63, 3.8) is 0 Å². The van der Waals surface area contributed by atoms with Gasteiger partial charge in [-0.3, -0.25) is 4.84 Å². The second kappa shape index (κ2) is 4.89. The van der Waals surface area contributed by atoms with E-state index in [9.17, 15) is 13.2 Å². The summed E-state index contributed by atoms with van der Waals surface area (Å²) in [7, 11) is -1.56. The Hall–Kier alpha value is -0.410. The van der Waals surface area contributed by atoms with Gasteiger partial charge < -0.3 is 5.32 Å². The van der Waals surface area contributed by atoms with Gasteiger partial charge in [0, 0.05) is 7.05 Å². The molecule has 0 aliphatic carbocycles. The Kier molecular flexibility index (Phi) is 4.08. The fraction of sp³-hybridized carbons (Fsp3) is 0.600. The number of thioether (sulfide) groups is 2. The number of hydrogen-bond donors (Lipinski definition) is 1. The Morgan fingerprint density at radius 1 is 1.50 bits per heavy atom. The maximum atomic E-state index is 11.0. The van der Waals surface area contributed by atoms with Gasteiger partial charge in [-0.15, -0.1) is 0 Å². The predicted molar refractivity (Wildman–Crippen MR) is 56.8 cm³/mol. The summed E-state index contributed by atoms with van der Waals surface area (Å²) in [6.45, 7) is 0. The minimum Gasteiger partial charge on any atom is -0.323 e. The molecule has 1 rings (SSSR count). The van der Waals surface area contributed by atoms with Crippen LogP contribution in [0.25, 0.3) is 0 Å². The van der Waals surface area contributed by atoms with E-state index in [1.165, 1.54) is 7.05 Å². The van der Waals surface area contributed by atoms with Crippen molar-refractivity contribution in [2.24, 2.45) is 5.16 Å². The quantitative estimate of drug-likeness (QED) is 0.541. The number of amides is 1. The molecule has 9 heteroatoms. The highest BCUT2D eigenvalue weighted by Gasteiger charge is 2.22. The van der Waals surface area contributed by atoms with E-state index in [-0.39, 0.29) is 10.2 Å². The summed E-state index contributed by atoms with van der Waals surface area (Å²) in [4.78, 5) is 15.0. The van der Waals surface area contributed by atoms with E-state index in [1.54, 1.807) is 0 Å². The highest BCUT2D eigenvalue weighted by atomic mass is 32.3. The first-order valence-corrected chi connectivity index (χ1v) is 7.25. The summed E-state index contributed by atoms with van der Waals surface area (Å²) in [5.74, 6) is 0. The van der Waals surface area contributed by atoms with Gasteiger partial charge >= 0.3 is 6.09 Å². The molecule has 1 aliphatic rings. The molecule has 6 nitrogen and oxygen atoms in total. The highest BCUT2D eigenvalue weighted by molar-refractivity contribution is 8.46. The summed E-state index contributed by atoms with van der Waals surface area (Å²) < 4.78 is 22.4. The summed E-state index contributed by atoms with van der Waals surface area (Å²) in [5, 5.41) is 5.67. The second-order valence-corrected chi connectivity index (χ2v) is 7.24. The van der Waals surface area contributed by atoms with Crippen molar-refractivity contribution in [2.45, 2.75) is 0 Å². The average molecular weight is 256 g/mol. The van der Waals surface area contributed by atoms with Crippen LogP contribution in [0.1, 0.15) is 0 Å². The van der Waals surface area contributed by atoms with Crippen molar-refractivity contribution in [1.82, 2.24) is 5.32 Å². The average Bonchev–Trinajstić information content (AvgIpc) is 2.16. The molecule has 1 heterocycles. The second-order valence-electron chi connectivity index (χ2n) is 2.25. The molecule has 0 unspecified atom stereocenters. The van der Waals surface area contributed by atoms with Gasteiger partial charge in [0.15, 0.2) is 14.2 Å². The van der Waals surface area contributed by atoms with Crippen LogP contribution in [0.5, 0.6) is 0 Å². The van der Waals surface area contributed by atoms with Gasteiger partial charge in [-0.2, -0.15) is 0 Å². The van der Waals surface area contributed by atoms with Crippen molar-refractivity contribution >= 4 is 43.8 Å². The molecule has 1 N–H and O–H groups in total. The normalized spacial score (nSPS) is 19.9. The minimum absolute atomic E-state index is 0.0179. The maximum absolute atomic E-state index is 11.0. The van der Waals surface area contributed by atoms with Gasteiger partial charge in [0.05, 0.1) is 0 Å². The molecule has 0 bridgehead atoms. The standard InChI is InChI=1S/C5H8N2O4S3/c1-6-4(8)11-7-5-12-2-14(9,10)3-13-5/h2-3H2,1H3,(H,6,8). The van der Waals surface area contributed by atoms with Crippen LogP contribution in [-0.4, -0.2) is 36.1 Å². The van der Waals surface area contributed by atoms with E-state index >= 15 is 0 Å². The summed E-state index contributed by atoms with van der Waals surface area (Å²) in [5.41, 5.74) is 0. The first-order chi connectivity index (χ1) is 6.53. The maximum Gasteiger partial charge on any atom is 0.433 e. The smallest absolute Gasteiger partial charge is 0.323 e. The molecule has 0 aromatic rings. The largest absolute Gasteiger partial charge is 0.433 e. The van der Waals surface area contributed by atoms with Crippen LogP contribution in [0.15, 0.2) is 5.16 Å². The lowest BCUT2D eigenvalue weighted by Crippen LogP contribution is -2.18. The number of oxime groups is 1. The van der Waals surface area contributed by atoms with E-state index < -0.39 is 15.9 Å². The minimum atomic E-state index is -2.97. The lowest BCUT2D eigenvalue weighted by atomic mass is 11.1. The molecule has 0 atom stereocenters. The fourth-order valence-electron chi connectivity index (χ4n) is 0.533. The van der Waals surface area contributed by atoms with Crippen molar-refractivity contribution in [3.05, 3.63) is 0 Å². The van der Waals surface area contributed by atoms with Crippen molar-refractivity contribution in [3.8, 4) is 0 Å². The number of nitrogens with one attached hydrogen (secondary N) is 1. The zero-order valence-electron chi connectivity index (χ0n) is 7.22. The molecule has 1 saturated heterocycles. The third-order valence-electron chi connectivity index (χ3n) is 1.13. The van der Waals surface area contributed by atoms with Gasteiger partial charge in [0.2, 0.25) is 0 Å². The number of carbonyl (C=O) groups excluding carboxylic acids is 1. The Bertz CT molecular complexity index is 334. The van der Waals surface area contributed by atoms with Gasteiger partial charge in [-0.1, -0.05) is 28.7 Å². The van der Waals surface area contributed by atoms with Gasteiger partial charge in [0.25, 0.3) is 0 Å². The molecule has 0 saturated carbocycles. The van der Waals surface area contributed by atoms with Crippen molar-refractivity contribution in [1.29, 1.82) is 0 Å². The van der Waals surface area contributed by atoms with Gasteiger partial charge in [0.1, 0.15) is 10.2 Å². The third-order valence-corrected chi connectivity index (χ3v) is 6.30. The molecule has 1 aliphatic heterocycles. The highest BCUT2D eigenvalue weighted by Crippen LogP contribution is 2.27. The summed E-state index contributed by atoms with van der Waals surface area (Å²) in [6.07, 6.45) is -0.674. The molecular weight excluding hydrogens is 248 g/mol. The predicted octanol–water partition coefficient (Wildman–Crippen LogP) is 0.423.